The minimum absolute atomic E-state index is 0.0226. The highest BCUT2D eigenvalue weighted by atomic mass is 16.5. The number of carbonyl (C=O) groups excluding carboxylic acids is 1. The summed E-state index contributed by atoms with van der Waals surface area (Å²) in [4.78, 5) is 17.3. The van der Waals surface area contributed by atoms with E-state index in [-0.39, 0.29) is 12.0 Å². The lowest BCUT2D eigenvalue weighted by atomic mass is 10.1. The van der Waals surface area contributed by atoms with Gasteiger partial charge in [-0.2, -0.15) is 0 Å². The van der Waals surface area contributed by atoms with Crippen LogP contribution in [0.2, 0.25) is 0 Å². The average molecular weight is 345 g/mol. The number of benzene rings is 1. The molecule has 6 heteroatoms. The maximum Gasteiger partial charge on any atom is 0.253 e. The van der Waals surface area contributed by atoms with Gasteiger partial charge in [0.1, 0.15) is 6.10 Å². The number of hydrogen-bond donors (Lipinski definition) is 1. The third kappa shape index (κ3) is 3.75. The molecule has 1 unspecified atom stereocenters. The summed E-state index contributed by atoms with van der Waals surface area (Å²) in [6, 6.07) is 6.45. The average Bonchev–Trinajstić information content (AvgIpc) is 3.36. The minimum atomic E-state index is -0.312. The van der Waals surface area contributed by atoms with Crippen molar-refractivity contribution in [3.8, 4) is 0 Å². The van der Waals surface area contributed by atoms with Crippen LogP contribution in [0.3, 0.4) is 0 Å². The van der Waals surface area contributed by atoms with Crippen molar-refractivity contribution in [2.45, 2.75) is 31.8 Å². The number of amides is 1. The van der Waals surface area contributed by atoms with E-state index in [9.17, 15) is 4.79 Å². The topological polar surface area (TPSA) is 54.0 Å². The fourth-order valence-corrected chi connectivity index (χ4v) is 3.87. The summed E-state index contributed by atoms with van der Waals surface area (Å²) in [5, 5.41) is 3.14. The lowest BCUT2D eigenvalue weighted by Crippen LogP contribution is -2.37. The number of nitrogens with zero attached hydrogens (tertiary/aromatic N) is 2. The molecule has 1 aromatic carbocycles. The van der Waals surface area contributed by atoms with Gasteiger partial charge < -0.3 is 24.6 Å². The Morgan fingerprint density at radius 2 is 1.80 bits per heavy atom. The number of nitrogens with one attached hydrogen (secondary N) is 1. The molecule has 1 atom stereocenters. The van der Waals surface area contributed by atoms with E-state index in [4.69, 9.17) is 9.47 Å². The van der Waals surface area contributed by atoms with Gasteiger partial charge in [0, 0.05) is 38.5 Å². The van der Waals surface area contributed by atoms with Crippen molar-refractivity contribution in [3.63, 3.8) is 0 Å². The van der Waals surface area contributed by atoms with Gasteiger partial charge >= 0.3 is 0 Å². The Hall–Kier alpha value is -1.79. The standard InChI is InChI=1S/C19H27N3O3/c23-19(18-4-3-11-25-18)20-16-14-15(21-7-1-2-8-21)5-6-17(16)22-9-12-24-13-10-22/h5-6,14,18H,1-4,7-13H2,(H,20,23). The van der Waals surface area contributed by atoms with Crippen molar-refractivity contribution >= 4 is 23.0 Å². The highest BCUT2D eigenvalue weighted by molar-refractivity contribution is 5.98. The van der Waals surface area contributed by atoms with E-state index in [1.54, 1.807) is 0 Å². The van der Waals surface area contributed by atoms with Gasteiger partial charge in [0.15, 0.2) is 0 Å². The molecular weight excluding hydrogens is 318 g/mol. The minimum Gasteiger partial charge on any atom is -0.378 e. The maximum absolute atomic E-state index is 12.6. The molecule has 0 radical (unpaired) electrons. The number of hydrogen-bond acceptors (Lipinski definition) is 5. The quantitative estimate of drug-likeness (QED) is 0.907. The lowest BCUT2D eigenvalue weighted by molar-refractivity contribution is -0.124. The van der Waals surface area contributed by atoms with Gasteiger partial charge in [0.2, 0.25) is 0 Å². The first-order valence-electron chi connectivity index (χ1n) is 9.45. The summed E-state index contributed by atoms with van der Waals surface area (Å²) in [5.41, 5.74) is 3.17. The van der Waals surface area contributed by atoms with Gasteiger partial charge in [0.25, 0.3) is 5.91 Å². The smallest absolute Gasteiger partial charge is 0.253 e. The Balaban J connectivity index is 1.58. The highest BCUT2D eigenvalue weighted by Crippen LogP contribution is 2.33. The molecule has 1 N–H and O–H groups in total. The highest BCUT2D eigenvalue weighted by Gasteiger charge is 2.26. The number of morpholine rings is 1. The Morgan fingerprint density at radius 1 is 1.00 bits per heavy atom. The third-order valence-corrected chi connectivity index (χ3v) is 5.28. The van der Waals surface area contributed by atoms with E-state index in [0.29, 0.717) is 6.61 Å². The summed E-state index contributed by atoms with van der Waals surface area (Å²) >= 11 is 0. The molecule has 0 aromatic heterocycles. The molecule has 3 heterocycles. The van der Waals surface area contributed by atoms with Crippen LogP contribution >= 0.6 is 0 Å². The molecule has 3 fully saturated rings. The molecule has 25 heavy (non-hydrogen) atoms. The van der Waals surface area contributed by atoms with Crippen molar-refractivity contribution in [1.82, 2.24) is 0 Å². The predicted octanol–water partition coefficient (Wildman–Crippen LogP) is 2.24. The summed E-state index contributed by atoms with van der Waals surface area (Å²) in [6.07, 6.45) is 3.94. The van der Waals surface area contributed by atoms with E-state index in [0.717, 1.165) is 63.6 Å². The van der Waals surface area contributed by atoms with Gasteiger partial charge in [-0.25, -0.2) is 0 Å². The van der Waals surface area contributed by atoms with Crippen molar-refractivity contribution in [2.75, 3.05) is 61.1 Å². The van der Waals surface area contributed by atoms with Crippen LogP contribution in [0.1, 0.15) is 25.7 Å². The molecule has 3 aliphatic heterocycles. The third-order valence-electron chi connectivity index (χ3n) is 5.28. The SMILES string of the molecule is O=C(Nc1cc(N2CCCC2)ccc1N1CCOCC1)C1CCCO1. The summed E-state index contributed by atoms with van der Waals surface area (Å²) in [7, 11) is 0. The van der Waals surface area contributed by atoms with Crippen molar-refractivity contribution < 1.29 is 14.3 Å². The normalized spacial score (nSPS) is 23.9. The molecular formula is C19H27N3O3. The fourth-order valence-electron chi connectivity index (χ4n) is 3.87. The molecule has 136 valence electrons. The van der Waals surface area contributed by atoms with E-state index >= 15 is 0 Å². The Bertz CT molecular complexity index is 604. The second-order valence-corrected chi connectivity index (χ2v) is 6.99. The number of ether oxygens (including phenoxy) is 2. The first kappa shape index (κ1) is 16.7. The first-order valence-corrected chi connectivity index (χ1v) is 9.45. The van der Waals surface area contributed by atoms with Crippen LogP contribution in [-0.2, 0) is 14.3 Å². The molecule has 3 saturated heterocycles. The van der Waals surface area contributed by atoms with Crippen LogP contribution in [0, 0.1) is 0 Å². The van der Waals surface area contributed by atoms with Crippen molar-refractivity contribution in [1.29, 1.82) is 0 Å². The number of rotatable bonds is 4. The summed E-state index contributed by atoms with van der Waals surface area (Å²) < 4.78 is 11.0. The largest absolute Gasteiger partial charge is 0.378 e. The van der Waals surface area contributed by atoms with E-state index < -0.39 is 0 Å². The summed E-state index contributed by atoms with van der Waals surface area (Å²) in [6.45, 7) is 6.03. The van der Waals surface area contributed by atoms with Crippen LogP contribution in [0.25, 0.3) is 0 Å². The van der Waals surface area contributed by atoms with Crippen molar-refractivity contribution in [3.05, 3.63) is 18.2 Å². The van der Waals surface area contributed by atoms with Crippen LogP contribution in [0.4, 0.5) is 17.1 Å². The van der Waals surface area contributed by atoms with Crippen molar-refractivity contribution in [2.24, 2.45) is 0 Å². The van der Waals surface area contributed by atoms with Crippen LogP contribution in [0.15, 0.2) is 18.2 Å². The van der Waals surface area contributed by atoms with Gasteiger partial charge in [-0.15, -0.1) is 0 Å². The van der Waals surface area contributed by atoms with Gasteiger partial charge in [-0.05, 0) is 43.9 Å². The molecule has 0 spiro atoms. The first-order chi connectivity index (χ1) is 12.3. The van der Waals surface area contributed by atoms with E-state index in [1.807, 2.05) is 0 Å². The lowest BCUT2D eigenvalue weighted by Gasteiger charge is -2.31. The molecule has 4 rings (SSSR count). The van der Waals surface area contributed by atoms with Crippen LogP contribution < -0.4 is 15.1 Å². The van der Waals surface area contributed by atoms with Gasteiger partial charge in [-0.1, -0.05) is 0 Å². The Kier molecular flexibility index (Phi) is 5.08. The summed E-state index contributed by atoms with van der Waals surface area (Å²) in [5.74, 6) is -0.0226. The van der Waals surface area contributed by atoms with Crippen LogP contribution in [-0.4, -0.2) is 58.0 Å². The van der Waals surface area contributed by atoms with Gasteiger partial charge in [0.05, 0.1) is 24.6 Å². The number of anilines is 3. The molecule has 3 aliphatic rings. The zero-order valence-corrected chi connectivity index (χ0v) is 14.7. The molecule has 0 aliphatic carbocycles. The zero-order chi connectivity index (χ0) is 17.1. The van der Waals surface area contributed by atoms with E-state index in [1.165, 1.54) is 18.5 Å². The molecule has 6 nitrogen and oxygen atoms in total. The second kappa shape index (κ2) is 7.62. The second-order valence-electron chi connectivity index (χ2n) is 6.99. The molecule has 0 saturated carbocycles. The molecule has 0 bridgehead atoms. The Labute approximate surface area is 149 Å². The number of carbonyl (C=O) groups is 1. The monoisotopic (exact) mass is 345 g/mol. The van der Waals surface area contributed by atoms with E-state index in [2.05, 4.69) is 33.3 Å². The van der Waals surface area contributed by atoms with Gasteiger partial charge in [-0.3, -0.25) is 4.79 Å². The Morgan fingerprint density at radius 3 is 2.52 bits per heavy atom. The predicted molar refractivity (Wildman–Crippen MR) is 98.5 cm³/mol. The zero-order valence-electron chi connectivity index (χ0n) is 14.7. The molecule has 1 aromatic rings. The maximum atomic E-state index is 12.6. The fraction of sp³-hybridized carbons (Fsp3) is 0.632. The molecule has 1 amide bonds. The van der Waals surface area contributed by atoms with Crippen LogP contribution in [0.5, 0.6) is 0 Å².